The predicted molar refractivity (Wildman–Crippen MR) is 49.1 cm³/mol. The Hall–Kier alpha value is -0.830. The topological polar surface area (TPSA) is 40.5 Å². The molecular weight excluding hydrogens is 166 g/mol. The van der Waals surface area contributed by atoms with Crippen molar-refractivity contribution in [3.05, 3.63) is 12.2 Å². The molecule has 0 aromatic carbocycles. The molecule has 1 heterocycles. The number of likely N-dealkylation sites (tertiary alicyclic amines) is 1. The average molecular weight is 181 g/mol. The van der Waals surface area contributed by atoms with Gasteiger partial charge >= 0.3 is 0 Å². The van der Waals surface area contributed by atoms with Crippen molar-refractivity contribution in [2.24, 2.45) is 5.92 Å². The molecule has 0 aromatic heterocycles. The Morgan fingerprint density at radius 3 is 2.77 bits per heavy atom. The maximum Gasteiger partial charge on any atom is 0.229 e. The summed E-state index contributed by atoms with van der Waals surface area (Å²) in [6, 6.07) is 0. The minimum absolute atomic E-state index is 0.0845. The zero-order valence-electron chi connectivity index (χ0n) is 7.65. The molecule has 1 amide bonds. The van der Waals surface area contributed by atoms with Gasteiger partial charge < -0.3 is 10.0 Å². The normalized spacial score (nSPS) is 28.7. The number of aliphatic hydroxyl groups is 1. The number of β-amino-alcohol motifs (C(OH)–C–C–N with tert-alkyl or cyclic N) is 1. The Morgan fingerprint density at radius 2 is 2.23 bits per heavy atom. The maximum atomic E-state index is 11.7. The molecule has 0 saturated carbocycles. The maximum absolute atomic E-state index is 11.7. The van der Waals surface area contributed by atoms with Crippen LogP contribution in [0, 0.1) is 5.92 Å². The molecule has 0 bridgehead atoms. The van der Waals surface area contributed by atoms with Gasteiger partial charge in [-0.3, -0.25) is 4.79 Å². The van der Waals surface area contributed by atoms with Crippen molar-refractivity contribution >= 4 is 5.91 Å². The highest BCUT2D eigenvalue weighted by Crippen LogP contribution is 2.21. The molecule has 1 saturated heterocycles. The van der Waals surface area contributed by atoms with Gasteiger partial charge in [-0.1, -0.05) is 12.2 Å². The van der Waals surface area contributed by atoms with E-state index in [0.29, 0.717) is 13.1 Å². The van der Waals surface area contributed by atoms with Crippen LogP contribution in [0.4, 0.5) is 0 Å². The summed E-state index contributed by atoms with van der Waals surface area (Å²) in [6.07, 6.45) is 7.01. The fourth-order valence-corrected chi connectivity index (χ4v) is 1.89. The highest BCUT2D eigenvalue weighted by atomic mass is 16.3. The van der Waals surface area contributed by atoms with E-state index in [1.54, 1.807) is 4.90 Å². The second-order valence-corrected chi connectivity index (χ2v) is 3.86. The zero-order chi connectivity index (χ0) is 9.26. The molecule has 1 unspecified atom stereocenters. The molecule has 1 aliphatic heterocycles. The second kappa shape index (κ2) is 3.50. The summed E-state index contributed by atoms with van der Waals surface area (Å²) in [5.74, 6) is 0.280. The molecule has 2 aliphatic rings. The van der Waals surface area contributed by atoms with Crippen LogP contribution in [-0.2, 0) is 4.79 Å². The predicted octanol–water partition coefficient (Wildman–Crippen LogP) is 0.546. The summed E-state index contributed by atoms with van der Waals surface area (Å²) >= 11 is 0. The lowest BCUT2D eigenvalue weighted by Crippen LogP contribution is -2.55. The standard InChI is InChI=1S/C10H15NO2/c12-9-6-11(7-9)10(13)8-4-2-1-3-5-8/h2,4,8-9,12H,1,3,5-7H2. The van der Waals surface area contributed by atoms with E-state index < -0.39 is 0 Å². The lowest BCUT2D eigenvalue weighted by atomic mass is 9.93. The summed E-state index contributed by atoms with van der Waals surface area (Å²) in [5, 5.41) is 9.05. The van der Waals surface area contributed by atoms with E-state index in [1.165, 1.54) is 0 Å². The van der Waals surface area contributed by atoms with E-state index in [0.717, 1.165) is 19.3 Å². The molecule has 72 valence electrons. The van der Waals surface area contributed by atoms with Crippen LogP contribution in [-0.4, -0.2) is 35.1 Å². The van der Waals surface area contributed by atoms with Gasteiger partial charge in [-0.2, -0.15) is 0 Å². The molecule has 1 fully saturated rings. The van der Waals surface area contributed by atoms with Crippen LogP contribution in [0.3, 0.4) is 0 Å². The number of allylic oxidation sites excluding steroid dienone is 1. The Labute approximate surface area is 78.0 Å². The van der Waals surface area contributed by atoms with E-state index in [4.69, 9.17) is 5.11 Å². The minimum Gasteiger partial charge on any atom is -0.389 e. The molecule has 3 nitrogen and oxygen atoms in total. The number of hydrogen-bond acceptors (Lipinski definition) is 2. The van der Waals surface area contributed by atoms with Crippen molar-refractivity contribution in [2.45, 2.75) is 25.4 Å². The summed E-state index contributed by atoms with van der Waals surface area (Å²) in [5.41, 5.74) is 0. The van der Waals surface area contributed by atoms with Gasteiger partial charge in [-0.05, 0) is 19.3 Å². The molecule has 1 aliphatic carbocycles. The number of rotatable bonds is 1. The van der Waals surface area contributed by atoms with E-state index >= 15 is 0 Å². The first-order chi connectivity index (χ1) is 6.27. The number of carbonyl (C=O) groups is 1. The Kier molecular flexibility index (Phi) is 2.36. The highest BCUT2D eigenvalue weighted by molar-refractivity contribution is 5.81. The quantitative estimate of drug-likeness (QED) is 0.600. The van der Waals surface area contributed by atoms with Crippen LogP contribution in [0.15, 0.2) is 12.2 Å². The lowest BCUT2D eigenvalue weighted by molar-refractivity contribution is -0.144. The Bertz CT molecular complexity index is 231. The van der Waals surface area contributed by atoms with Crippen LogP contribution in [0.1, 0.15) is 19.3 Å². The molecule has 13 heavy (non-hydrogen) atoms. The van der Waals surface area contributed by atoms with Gasteiger partial charge in [0.15, 0.2) is 0 Å². The van der Waals surface area contributed by atoms with E-state index in [-0.39, 0.29) is 17.9 Å². The molecular formula is C10H15NO2. The van der Waals surface area contributed by atoms with Crippen LogP contribution in [0.2, 0.25) is 0 Å². The zero-order valence-corrected chi connectivity index (χ0v) is 7.65. The first-order valence-electron chi connectivity index (χ1n) is 4.91. The lowest BCUT2D eigenvalue weighted by Gasteiger charge is -2.38. The van der Waals surface area contributed by atoms with Crippen molar-refractivity contribution in [1.82, 2.24) is 4.90 Å². The van der Waals surface area contributed by atoms with Gasteiger partial charge in [0, 0.05) is 13.1 Å². The van der Waals surface area contributed by atoms with Crippen LogP contribution < -0.4 is 0 Å². The molecule has 1 atom stereocenters. The van der Waals surface area contributed by atoms with Crippen molar-refractivity contribution in [2.75, 3.05) is 13.1 Å². The molecule has 0 spiro atoms. The number of carbonyl (C=O) groups excluding carboxylic acids is 1. The van der Waals surface area contributed by atoms with Gasteiger partial charge in [0.1, 0.15) is 0 Å². The summed E-state index contributed by atoms with van der Waals surface area (Å²) in [7, 11) is 0. The van der Waals surface area contributed by atoms with Crippen LogP contribution in [0.5, 0.6) is 0 Å². The molecule has 1 N–H and O–H groups in total. The molecule has 0 radical (unpaired) electrons. The number of nitrogens with zero attached hydrogens (tertiary/aromatic N) is 1. The largest absolute Gasteiger partial charge is 0.389 e. The smallest absolute Gasteiger partial charge is 0.229 e. The third kappa shape index (κ3) is 1.75. The first kappa shape index (κ1) is 8.75. The van der Waals surface area contributed by atoms with Crippen molar-refractivity contribution < 1.29 is 9.90 Å². The van der Waals surface area contributed by atoms with E-state index in [9.17, 15) is 4.79 Å². The molecule has 3 heteroatoms. The molecule has 0 aromatic rings. The van der Waals surface area contributed by atoms with Gasteiger partial charge in [-0.25, -0.2) is 0 Å². The van der Waals surface area contributed by atoms with Crippen LogP contribution >= 0.6 is 0 Å². The monoisotopic (exact) mass is 181 g/mol. The Balaban J connectivity index is 1.89. The van der Waals surface area contributed by atoms with Crippen molar-refractivity contribution in [3.63, 3.8) is 0 Å². The molecule has 2 rings (SSSR count). The number of aliphatic hydroxyl groups excluding tert-OH is 1. The van der Waals surface area contributed by atoms with Crippen LogP contribution in [0.25, 0.3) is 0 Å². The third-order valence-electron chi connectivity index (χ3n) is 2.75. The van der Waals surface area contributed by atoms with Gasteiger partial charge in [0.05, 0.1) is 12.0 Å². The highest BCUT2D eigenvalue weighted by Gasteiger charge is 2.32. The number of amides is 1. The number of hydrogen-bond donors (Lipinski definition) is 1. The average Bonchev–Trinajstić information content (AvgIpc) is 2.13. The minimum atomic E-state index is -0.281. The summed E-state index contributed by atoms with van der Waals surface area (Å²) < 4.78 is 0. The van der Waals surface area contributed by atoms with Crippen molar-refractivity contribution in [3.8, 4) is 0 Å². The fraction of sp³-hybridized carbons (Fsp3) is 0.700. The Morgan fingerprint density at radius 1 is 1.46 bits per heavy atom. The van der Waals surface area contributed by atoms with Crippen molar-refractivity contribution in [1.29, 1.82) is 0 Å². The van der Waals surface area contributed by atoms with E-state index in [2.05, 4.69) is 6.08 Å². The van der Waals surface area contributed by atoms with Gasteiger partial charge in [-0.15, -0.1) is 0 Å². The summed E-state index contributed by atoms with van der Waals surface area (Å²) in [4.78, 5) is 13.4. The second-order valence-electron chi connectivity index (χ2n) is 3.86. The van der Waals surface area contributed by atoms with Gasteiger partial charge in [0.25, 0.3) is 0 Å². The summed E-state index contributed by atoms with van der Waals surface area (Å²) in [6.45, 7) is 1.06. The third-order valence-corrected chi connectivity index (χ3v) is 2.75. The van der Waals surface area contributed by atoms with Gasteiger partial charge in [0.2, 0.25) is 5.91 Å². The fourth-order valence-electron chi connectivity index (χ4n) is 1.89. The van der Waals surface area contributed by atoms with E-state index in [1.807, 2.05) is 6.08 Å². The SMILES string of the molecule is O=C(C1C=CCCC1)N1CC(O)C1. The first-order valence-corrected chi connectivity index (χ1v) is 4.91.